The molecular formula is C13H12N2O5. The molecule has 7 nitrogen and oxygen atoms in total. The second kappa shape index (κ2) is 5.87. The molecule has 2 aromatic heterocycles. The predicted octanol–water partition coefficient (Wildman–Crippen LogP) is 1.98. The molecule has 0 atom stereocenters. The third kappa shape index (κ3) is 2.94. The van der Waals surface area contributed by atoms with Crippen LogP contribution in [0.5, 0.6) is 23.1 Å². The van der Waals surface area contributed by atoms with Crippen LogP contribution in [0.25, 0.3) is 0 Å². The van der Waals surface area contributed by atoms with E-state index in [1.54, 1.807) is 12.1 Å². The van der Waals surface area contributed by atoms with Crippen molar-refractivity contribution in [3.8, 4) is 23.1 Å². The van der Waals surface area contributed by atoms with Crippen LogP contribution < -0.4 is 14.2 Å². The maximum absolute atomic E-state index is 10.8. The highest BCUT2D eigenvalue weighted by atomic mass is 16.5. The molecule has 0 saturated carbocycles. The van der Waals surface area contributed by atoms with Crippen LogP contribution in [0.15, 0.2) is 30.6 Å². The second-order valence-corrected chi connectivity index (χ2v) is 3.66. The van der Waals surface area contributed by atoms with Gasteiger partial charge in [0.05, 0.1) is 26.6 Å². The van der Waals surface area contributed by atoms with Crippen molar-refractivity contribution in [2.45, 2.75) is 0 Å². The molecule has 20 heavy (non-hydrogen) atoms. The molecule has 0 spiro atoms. The number of aromatic nitrogens is 2. The van der Waals surface area contributed by atoms with Gasteiger partial charge in [0.1, 0.15) is 5.75 Å². The summed E-state index contributed by atoms with van der Waals surface area (Å²) in [6.45, 7) is 0. The molecular weight excluding hydrogens is 264 g/mol. The molecule has 0 aromatic carbocycles. The normalized spacial score (nSPS) is 9.90. The molecule has 0 radical (unpaired) electrons. The Balaban J connectivity index is 2.25. The molecule has 0 saturated heterocycles. The van der Waals surface area contributed by atoms with Gasteiger partial charge in [0, 0.05) is 12.1 Å². The standard InChI is InChI=1S/C13H12N2O5/c1-18-10-5-9(13(16)17)14-7-11(10)20-8-3-4-12(19-2)15-6-8/h3-7H,1-2H3,(H,16,17). The summed E-state index contributed by atoms with van der Waals surface area (Å²) in [6, 6.07) is 4.59. The highest BCUT2D eigenvalue weighted by molar-refractivity contribution is 5.86. The lowest BCUT2D eigenvalue weighted by molar-refractivity contribution is 0.0690. The number of pyridine rings is 2. The van der Waals surface area contributed by atoms with E-state index in [0.29, 0.717) is 17.4 Å². The Hall–Kier alpha value is -2.83. The first kappa shape index (κ1) is 13.6. The van der Waals surface area contributed by atoms with E-state index in [0.717, 1.165) is 0 Å². The number of carboxylic acids is 1. The van der Waals surface area contributed by atoms with Crippen LogP contribution >= 0.6 is 0 Å². The van der Waals surface area contributed by atoms with Crippen LogP contribution in [-0.4, -0.2) is 35.3 Å². The van der Waals surface area contributed by atoms with Crippen LogP contribution in [0.4, 0.5) is 0 Å². The summed E-state index contributed by atoms with van der Waals surface area (Å²) < 4.78 is 15.6. The largest absolute Gasteiger partial charge is 0.493 e. The second-order valence-electron chi connectivity index (χ2n) is 3.66. The number of carboxylic acid groups (broad SMARTS) is 1. The zero-order chi connectivity index (χ0) is 14.5. The van der Waals surface area contributed by atoms with Crippen LogP contribution in [0.1, 0.15) is 10.5 Å². The zero-order valence-electron chi connectivity index (χ0n) is 10.9. The van der Waals surface area contributed by atoms with Crippen molar-refractivity contribution in [3.05, 3.63) is 36.3 Å². The minimum Gasteiger partial charge on any atom is -0.493 e. The van der Waals surface area contributed by atoms with E-state index in [1.165, 1.54) is 32.7 Å². The summed E-state index contributed by atoms with van der Waals surface area (Å²) in [6.07, 6.45) is 2.76. The lowest BCUT2D eigenvalue weighted by Crippen LogP contribution is -2.01. The van der Waals surface area contributed by atoms with Gasteiger partial charge >= 0.3 is 5.97 Å². The van der Waals surface area contributed by atoms with E-state index in [9.17, 15) is 4.79 Å². The molecule has 1 N–H and O–H groups in total. The number of methoxy groups -OCH3 is 2. The number of hydrogen-bond acceptors (Lipinski definition) is 6. The monoisotopic (exact) mass is 276 g/mol. The van der Waals surface area contributed by atoms with Crippen molar-refractivity contribution in [1.82, 2.24) is 9.97 Å². The Morgan fingerprint density at radius 1 is 1.10 bits per heavy atom. The minimum absolute atomic E-state index is 0.123. The fraction of sp³-hybridized carbons (Fsp3) is 0.154. The number of rotatable bonds is 5. The molecule has 0 bridgehead atoms. The number of hydrogen-bond donors (Lipinski definition) is 1. The smallest absolute Gasteiger partial charge is 0.354 e. The summed E-state index contributed by atoms with van der Waals surface area (Å²) in [4.78, 5) is 18.6. The van der Waals surface area contributed by atoms with E-state index in [4.69, 9.17) is 19.3 Å². The van der Waals surface area contributed by atoms with Crippen LogP contribution in [0, 0.1) is 0 Å². The van der Waals surface area contributed by atoms with Crippen LogP contribution in [0.3, 0.4) is 0 Å². The van der Waals surface area contributed by atoms with Crippen molar-refractivity contribution in [2.24, 2.45) is 0 Å². The van der Waals surface area contributed by atoms with E-state index in [-0.39, 0.29) is 11.4 Å². The zero-order valence-corrected chi connectivity index (χ0v) is 10.9. The number of aromatic carboxylic acids is 1. The summed E-state index contributed by atoms with van der Waals surface area (Å²) >= 11 is 0. The number of ether oxygens (including phenoxy) is 3. The van der Waals surface area contributed by atoms with Crippen molar-refractivity contribution in [2.75, 3.05) is 14.2 Å². The Morgan fingerprint density at radius 3 is 2.45 bits per heavy atom. The predicted molar refractivity (Wildman–Crippen MR) is 68.6 cm³/mol. The first-order valence-corrected chi connectivity index (χ1v) is 5.59. The van der Waals surface area contributed by atoms with Crippen LogP contribution in [-0.2, 0) is 0 Å². The third-order valence-corrected chi connectivity index (χ3v) is 2.42. The lowest BCUT2D eigenvalue weighted by Gasteiger charge is -2.10. The molecule has 0 unspecified atom stereocenters. The van der Waals surface area contributed by atoms with E-state index < -0.39 is 5.97 Å². The van der Waals surface area contributed by atoms with Gasteiger partial charge in [0.15, 0.2) is 17.2 Å². The third-order valence-electron chi connectivity index (χ3n) is 2.42. The number of carbonyl (C=O) groups is 1. The summed E-state index contributed by atoms with van der Waals surface area (Å²) in [5.74, 6) is 0.344. The Labute approximate surface area is 114 Å². The van der Waals surface area contributed by atoms with Crippen molar-refractivity contribution in [1.29, 1.82) is 0 Å². The van der Waals surface area contributed by atoms with Gasteiger partial charge in [0.25, 0.3) is 0 Å². The summed E-state index contributed by atoms with van der Waals surface area (Å²) in [7, 11) is 2.93. The molecule has 0 fully saturated rings. The topological polar surface area (TPSA) is 90.8 Å². The molecule has 0 aliphatic carbocycles. The first-order chi connectivity index (χ1) is 9.63. The van der Waals surface area contributed by atoms with Gasteiger partial charge in [-0.2, -0.15) is 0 Å². The van der Waals surface area contributed by atoms with Gasteiger partial charge in [-0.15, -0.1) is 0 Å². The molecule has 0 aliphatic rings. The van der Waals surface area contributed by atoms with Gasteiger partial charge < -0.3 is 19.3 Å². The van der Waals surface area contributed by atoms with Gasteiger partial charge in [0.2, 0.25) is 5.88 Å². The minimum atomic E-state index is -1.14. The van der Waals surface area contributed by atoms with Crippen molar-refractivity contribution in [3.63, 3.8) is 0 Å². The van der Waals surface area contributed by atoms with E-state index in [1.807, 2.05) is 0 Å². The Morgan fingerprint density at radius 2 is 1.90 bits per heavy atom. The fourth-order valence-corrected chi connectivity index (χ4v) is 1.45. The van der Waals surface area contributed by atoms with E-state index in [2.05, 4.69) is 9.97 Å². The average Bonchev–Trinajstić information content (AvgIpc) is 2.48. The highest BCUT2D eigenvalue weighted by Gasteiger charge is 2.12. The highest BCUT2D eigenvalue weighted by Crippen LogP contribution is 2.31. The maximum atomic E-state index is 10.8. The molecule has 104 valence electrons. The molecule has 2 aromatic rings. The summed E-state index contributed by atoms with van der Waals surface area (Å²) in [5, 5.41) is 8.86. The van der Waals surface area contributed by atoms with Crippen molar-refractivity contribution >= 4 is 5.97 Å². The average molecular weight is 276 g/mol. The molecule has 0 amide bonds. The Bertz CT molecular complexity index is 613. The van der Waals surface area contributed by atoms with Gasteiger partial charge in [-0.1, -0.05) is 0 Å². The molecule has 7 heteroatoms. The summed E-state index contributed by atoms with van der Waals surface area (Å²) in [5.41, 5.74) is -0.123. The SMILES string of the molecule is COc1ccc(Oc2cnc(C(=O)O)cc2OC)cn1. The van der Waals surface area contributed by atoms with Crippen LogP contribution in [0.2, 0.25) is 0 Å². The quantitative estimate of drug-likeness (QED) is 0.892. The van der Waals surface area contributed by atoms with E-state index >= 15 is 0 Å². The fourth-order valence-electron chi connectivity index (χ4n) is 1.45. The Kier molecular flexibility index (Phi) is 3.99. The van der Waals surface area contributed by atoms with Gasteiger partial charge in [-0.3, -0.25) is 0 Å². The molecule has 2 heterocycles. The number of nitrogens with zero attached hydrogens (tertiary/aromatic N) is 2. The first-order valence-electron chi connectivity index (χ1n) is 5.59. The molecule has 0 aliphatic heterocycles. The maximum Gasteiger partial charge on any atom is 0.354 e. The van der Waals surface area contributed by atoms with Gasteiger partial charge in [-0.05, 0) is 6.07 Å². The van der Waals surface area contributed by atoms with Crippen molar-refractivity contribution < 1.29 is 24.1 Å². The lowest BCUT2D eigenvalue weighted by atomic mass is 10.3. The molecule has 2 rings (SSSR count). The van der Waals surface area contributed by atoms with Gasteiger partial charge in [-0.25, -0.2) is 14.8 Å².